The van der Waals surface area contributed by atoms with Crippen molar-refractivity contribution < 1.29 is 14.0 Å². The minimum Gasteiger partial charge on any atom is -0.401 e. The molecule has 3 nitrogen and oxygen atoms in total. The summed E-state index contributed by atoms with van der Waals surface area (Å²) >= 11 is 0. The minimum absolute atomic E-state index is 0.321. The van der Waals surface area contributed by atoms with Crippen molar-refractivity contribution in [1.29, 1.82) is 0 Å². The van der Waals surface area contributed by atoms with Crippen LogP contribution < -0.4 is 0 Å². The maximum Gasteiger partial charge on any atom is 0.496 e. The van der Waals surface area contributed by atoms with Gasteiger partial charge in [-0.3, -0.25) is 0 Å². The summed E-state index contributed by atoms with van der Waals surface area (Å²) < 4.78 is 17.8. The molecule has 4 heteroatoms. The normalized spacial score (nSPS) is 34.3. The largest absolute Gasteiger partial charge is 0.496 e. The van der Waals surface area contributed by atoms with Crippen molar-refractivity contribution in [3.8, 4) is 0 Å². The molecule has 0 aromatic heterocycles. The van der Waals surface area contributed by atoms with Gasteiger partial charge in [0.15, 0.2) is 0 Å². The molecule has 17 heavy (non-hydrogen) atoms. The Labute approximate surface area is 104 Å². The van der Waals surface area contributed by atoms with Gasteiger partial charge in [-0.2, -0.15) is 0 Å². The van der Waals surface area contributed by atoms with E-state index < -0.39 is 5.50 Å². The number of ether oxygens (including phenoxy) is 1. The Balaban J connectivity index is 2.25. The zero-order valence-corrected chi connectivity index (χ0v) is 11.3. The first-order valence-corrected chi connectivity index (χ1v) is 6.08. The first-order chi connectivity index (χ1) is 7.83. The standard InChI is InChI=1S/C13H21BO3/c1-11(2)12(3,4)17-14(16-11)13(15-5)9-7-6-8-10-13/h6-9H,10H2,1-5H3. The molecule has 0 spiro atoms. The maximum absolute atomic E-state index is 6.07. The molecular formula is C13H21BO3. The molecule has 0 aromatic carbocycles. The van der Waals surface area contributed by atoms with E-state index in [9.17, 15) is 0 Å². The van der Waals surface area contributed by atoms with Gasteiger partial charge in [-0.25, -0.2) is 0 Å². The molecule has 1 aliphatic carbocycles. The Kier molecular flexibility index (Phi) is 3.01. The predicted octanol–water partition coefficient (Wildman–Crippen LogP) is 2.52. The Morgan fingerprint density at radius 1 is 1.06 bits per heavy atom. The summed E-state index contributed by atoms with van der Waals surface area (Å²) in [5.41, 5.74) is -1.14. The highest BCUT2D eigenvalue weighted by molar-refractivity contribution is 6.50. The lowest BCUT2D eigenvalue weighted by Crippen LogP contribution is -2.48. The van der Waals surface area contributed by atoms with Crippen molar-refractivity contribution in [3.63, 3.8) is 0 Å². The van der Waals surface area contributed by atoms with Gasteiger partial charge in [0, 0.05) is 7.11 Å². The average molecular weight is 236 g/mol. The van der Waals surface area contributed by atoms with Gasteiger partial charge in [0.05, 0.1) is 11.2 Å². The summed E-state index contributed by atoms with van der Waals surface area (Å²) in [4.78, 5) is 0. The Bertz CT molecular complexity index is 344. The second kappa shape index (κ2) is 3.97. The van der Waals surface area contributed by atoms with Gasteiger partial charge in [0.25, 0.3) is 0 Å². The lowest BCUT2D eigenvalue weighted by atomic mass is 9.63. The fourth-order valence-corrected chi connectivity index (χ4v) is 2.08. The van der Waals surface area contributed by atoms with Crippen LogP contribution >= 0.6 is 0 Å². The number of allylic oxidation sites excluding steroid dienone is 2. The van der Waals surface area contributed by atoms with Gasteiger partial charge in [-0.15, -0.1) is 0 Å². The molecule has 1 saturated heterocycles. The fraction of sp³-hybridized carbons (Fsp3) is 0.692. The molecule has 0 bridgehead atoms. The molecule has 1 atom stereocenters. The number of hydrogen-bond donors (Lipinski definition) is 0. The van der Waals surface area contributed by atoms with Crippen molar-refractivity contribution in [2.75, 3.05) is 7.11 Å². The Morgan fingerprint density at radius 2 is 1.65 bits per heavy atom. The van der Waals surface area contributed by atoms with Crippen LogP contribution in [0.1, 0.15) is 34.1 Å². The average Bonchev–Trinajstić information content (AvgIpc) is 2.49. The zero-order chi connectivity index (χ0) is 12.7. The van der Waals surface area contributed by atoms with E-state index in [-0.39, 0.29) is 18.3 Å². The lowest BCUT2D eigenvalue weighted by Gasteiger charge is -2.32. The second-order valence-corrected chi connectivity index (χ2v) is 5.74. The first-order valence-electron chi connectivity index (χ1n) is 6.08. The van der Waals surface area contributed by atoms with Crippen molar-refractivity contribution in [2.45, 2.75) is 50.8 Å². The van der Waals surface area contributed by atoms with Crippen LogP contribution in [0.3, 0.4) is 0 Å². The van der Waals surface area contributed by atoms with E-state index in [2.05, 4.69) is 33.8 Å². The Hall–Kier alpha value is -0.575. The highest BCUT2D eigenvalue weighted by Crippen LogP contribution is 2.42. The molecule has 0 radical (unpaired) electrons. The molecule has 0 amide bonds. The van der Waals surface area contributed by atoms with E-state index in [1.54, 1.807) is 7.11 Å². The summed E-state index contributed by atoms with van der Waals surface area (Å²) in [7, 11) is 1.34. The van der Waals surface area contributed by atoms with E-state index in [1.165, 1.54) is 0 Å². The molecule has 2 aliphatic rings. The van der Waals surface area contributed by atoms with Gasteiger partial charge in [-0.05, 0) is 34.1 Å². The van der Waals surface area contributed by atoms with Gasteiger partial charge in [0.2, 0.25) is 0 Å². The molecule has 0 aromatic rings. The van der Waals surface area contributed by atoms with Gasteiger partial charge in [0.1, 0.15) is 5.50 Å². The van der Waals surface area contributed by atoms with Gasteiger partial charge in [-0.1, -0.05) is 24.3 Å². The van der Waals surface area contributed by atoms with Crippen molar-refractivity contribution >= 4 is 7.12 Å². The van der Waals surface area contributed by atoms with Crippen LogP contribution in [0.25, 0.3) is 0 Å². The predicted molar refractivity (Wildman–Crippen MR) is 68.7 cm³/mol. The Morgan fingerprint density at radius 3 is 2.06 bits per heavy atom. The molecule has 1 fully saturated rings. The van der Waals surface area contributed by atoms with Crippen LogP contribution in [0.2, 0.25) is 0 Å². The SMILES string of the molecule is COC1(B2OC(C)(C)C(C)(C)O2)C=CC=CC1. The molecule has 1 aliphatic heterocycles. The van der Waals surface area contributed by atoms with Crippen LogP contribution in [-0.4, -0.2) is 30.9 Å². The van der Waals surface area contributed by atoms with Crippen molar-refractivity contribution in [1.82, 2.24) is 0 Å². The monoisotopic (exact) mass is 236 g/mol. The van der Waals surface area contributed by atoms with Crippen LogP contribution in [0.4, 0.5) is 0 Å². The molecule has 1 unspecified atom stereocenters. The quantitative estimate of drug-likeness (QED) is 0.689. The van der Waals surface area contributed by atoms with Gasteiger partial charge < -0.3 is 14.0 Å². The van der Waals surface area contributed by atoms with E-state index in [0.717, 1.165) is 6.42 Å². The molecule has 0 saturated carbocycles. The smallest absolute Gasteiger partial charge is 0.401 e. The molecular weight excluding hydrogens is 215 g/mol. The molecule has 1 heterocycles. The lowest BCUT2D eigenvalue weighted by molar-refractivity contribution is 0.00578. The third-order valence-corrected chi connectivity index (χ3v) is 4.09. The first kappa shape index (κ1) is 12.9. The van der Waals surface area contributed by atoms with Crippen LogP contribution in [-0.2, 0) is 14.0 Å². The van der Waals surface area contributed by atoms with Crippen LogP contribution in [0, 0.1) is 0 Å². The van der Waals surface area contributed by atoms with E-state index >= 15 is 0 Å². The van der Waals surface area contributed by atoms with Crippen LogP contribution in [0.5, 0.6) is 0 Å². The fourth-order valence-electron chi connectivity index (χ4n) is 2.08. The van der Waals surface area contributed by atoms with Crippen molar-refractivity contribution in [2.24, 2.45) is 0 Å². The van der Waals surface area contributed by atoms with Crippen LogP contribution in [0.15, 0.2) is 24.3 Å². The second-order valence-electron chi connectivity index (χ2n) is 5.74. The highest BCUT2D eigenvalue weighted by Gasteiger charge is 2.59. The van der Waals surface area contributed by atoms with Crippen molar-refractivity contribution in [3.05, 3.63) is 24.3 Å². The third kappa shape index (κ3) is 1.98. The molecule has 0 N–H and O–H groups in total. The summed E-state index contributed by atoms with van der Waals surface area (Å²) in [6.45, 7) is 8.22. The number of methoxy groups -OCH3 is 1. The maximum atomic E-state index is 6.07. The number of rotatable bonds is 2. The summed E-state index contributed by atoms with van der Waals surface area (Å²) in [5.74, 6) is 0. The zero-order valence-electron chi connectivity index (χ0n) is 11.3. The third-order valence-electron chi connectivity index (χ3n) is 4.09. The molecule has 2 rings (SSSR count). The summed E-state index contributed by atoms with van der Waals surface area (Å²) in [5, 5.41) is 0. The summed E-state index contributed by atoms with van der Waals surface area (Å²) in [6, 6.07) is 0. The topological polar surface area (TPSA) is 27.7 Å². The highest BCUT2D eigenvalue weighted by atomic mass is 16.7. The van der Waals surface area contributed by atoms with E-state index in [4.69, 9.17) is 14.0 Å². The van der Waals surface area contributed by atoms with E-state index in [1.807, 2.05) is 18.2 Å². The summed E-state index contributed by atoms with van der Waals surface area (Å²) in [6.07, 6.45) is 8.88. The van der Waals surface area contributed by atoms with Gasteiger partial charge >= 0.3 is 7.12 Å². The molecule has 94 valence electrons. The van der Waals surface area contributed by atoms with E-state index in [0.29, 0.717) is 0 Å². The number of hydrogen-bond acceptors (Lipinski definition) is 3. The minimum atomic E-state index is -0.500.